The molecule has 5 aliphatic rings. The lowest BCUT2D eigenvalue weighted by atomic mass is 9.31. The van der Waals surface area contributed by atoms with Gasteiger partial charge < -0.3 is 9.84 Å². The average Bonchev–Trinajstić information content (AvgIpc) is 3.36. The van der Waals surface area contributed by atoms with E-state index in [1.165, 1.54) is 76.0 Å². The van der Waals surface area contributed by atoms with Crippen molar-refractivity contribution in [3.8, 4) is 0 Å². The molecule has 6 rings (SSSR count). The molecule has 0 aromatic heterocycles. The van der Waals surface area contributed by atoms with Gasteiger partial charge in [0.1, 0.15) is 0 Å². The van der Waals surface area contributed by atoms with E-state index in [1.807, 2.05) is 12.1 Å². The van der Waals surface area contributed by atoms with Crippen LogP contribution in [0.1, 0.15) is 141 Å². The second-order valence-corrected chi connectivity index (χ2v) is 17.3. The quantitative estimate of drug-likeness (QED) is 0.275. The van der Waals surface area contributed by atoms with Crippen LogP contribution in [0.4, 0.5) is 0 Å². The molecule has 5 fully saturated rings. The zero-order valence-electron chi connectivity index (χ0n) is 28.6. The number of hydrogen-bond acceptors (Lipinski definition) is 3. The molecule has 1 aromatic carbocycles. The van der Waals surface area contributed by atoms with Gasteiger partial charge in [0.2, 0.25) is 0 Å². The van der Waals surface area contributed by atoms with E-state index in [9.17, 15) is 9.90 Å². The molecule has 3 nitrogen and oxygen atoms in total. The van der Waals surface area contributed by atoms with Gasteiger partial charge in [-0.15, -0.1) is 0 Å². The monoisotopic (exact) mass is 588 g/mol. The highest BCUT2D eigenvalue weighted by atomic mass is 16.5. The maximum Gasteiger partial charge on any atom is 0.338 e. The first-order valence-electron chi connectivity index (χ1n) is 17.7. The van der Waals surface area contributed by atoms with E-state index in [4.69, 9.17) is 4.74 Å². The molecule has 1 N–H and O–H groups in total. The van der Waals surface area contributed by atoms with Crippen LogP contribution >= 0.6 is 0 Å². The molecule has 11 atom stereocenters. The fourth-order valence-electron chi connectivity index (χ4n) is 13.8. The first-order chi connectivity index (χ1) is 20.2. The van der Waals surface area contributed by atoms with Crippen LogP contribution in [0.3, 0.4) is 0 Å². The Hall–Kier alpha value is -1.61. The number of fused-ring (bicyclic) bond motifs is 7. The van der Waals surface area contributed by atoms with Crippen molar-refractivity contribution in [1.82, 2.24) is 0 Å². The minimum Gasteiger partial charge on any atom is -0.465 e. The molecule has 1 aromatic rings. The Labute approximate surface area is 262 Å². The molecule has 0 heterocycles. The normalized spacial score (nSPS) is 45.6. The number of ether oxygens (including phenoxy) is 1. The fourth-order valence-corrected chi connectivity index (χ4v) is 13.8. The summed E-state index contributed by atoms with van der Waals surface area (Å²) in [5.74, 6) is 3.29. The van der Waals surface area contributed by atoms with Gasteiger partial charge in [-0.3, -0.25) is 0 Å². The number of carbonyl (C=O) groups excluding carboxylic acids is 1. The third-order valence-corrected chi connectivity index (χ3v) is 16.0. The van der Waals surface area contributed by atoms with Crippen molar-refractivity contribution >= 4 is 5.97 Å². The van der Waals surface area contributed by atoms with Crippen LogP contribution in [-0.2, 0) is 4.74 Å². The van der Waals surface area contributed by atoms with Crippen molar-refractivity contribution in [1.29, 1.82) is 0 Å². The molecule has 5 saturated carbocycles. The van der Waals surface area contributed by atoms with Crippen LogP contribution < -0.4 is 0 Å². The van der Waals surface area contributed by atoms with Crippen molar-refractivity contribution in [2.45, 2.75) is 131 Å². The van der Waals surface area contributed by atoms with Crippen LogP contribution in [0, 0.1) is 56.7 Å². The Morgan fingerprint density at radius 3 is 2.33 bits per heavy atom. The summed E-state index contributed by atoms with van der Waals surface area (Å²) in [5.41, 5.74) is 4.42. The number of methoxy groups -OCH3 is 1. The number of carbonyl (C=O) groups is 1. The Morgan fingerprint density at radius 2 is 1.65 bits per heavy atom. The third-order valence-electron chi connectivity index (χ3n) is 16.0. The summed E-state index contributed by atoms with van der Waals surface area (Å²) in [7, 11) is 1.52. The van der Waals surface area contributed by atoms with Crippen molar-refractivity contribution in [3.05, 3.63) is 47.5 Å². The van der Waals surface area contributed by atoms with Crippen molar-refractivity contribution in [2.75, 3.05) is 7.11 Å². The predicted molar refractivity (Wildman–Crippen MR) is 176 cm³/mol. The summed E-state index contributed by atoms with van der Waals surface area (Å²) in [6, 6.07) is 8.34. The van der Waals surface area contributed by atoms with Crippen LogP contribution in [-0.4, -0.2) is 24.3 Å². The van der Waals surface area contributed by atoms with Gasteiger partial charge in [-0.05, 0) is 152 Å². The molecule has 3 heteroatoms. The molecule has 0 amide bonds. The van der Waals surface area contributed by atoms with E-state index in [0.29, 0.717) is 46.3 Å². The van der Waals surface area contributed by atoms with Gasteiger partial charge in [0.25, 0.3) is 0 Å². The number of esters is 1. The first-order valence-corrected chi connectivity index (χ1v) is 17.7. The number of hydrogen-bond donors (Lipinski definition) is 1. The second kappa shape index (κ2) is 10.5. The summed E-state index contributed by atoms with van der Waals surface area (Å²) in [6.07, 6.45) is 13.2. The predicted octanol–water partition coefficient (Wildman–Crippen LogP) is 9.99. The summed E-state index contributed by atoms with van der Waals surface area (Å²) in [6.45, 7) is 22.1. The second-order valence-electron chi connectivity index (χ2n) is 17.3. The Kier molecular flexibility index (Phi) is 7.63. The SMILES string of the molecule is C=C(C)C1CCC2(C(CC)c3ccccc3C(=O)OC)CC[C@]3(C)C(CCC4C5(C)CCC(O)C(C)(C)C5CCC43C)C12. The van der Waals surface area contributed by atoms with Gasteiger partial charge in [0.15, 0.2) is 0 Å². The molecule has 0 radical (unpaired) electrons. The van der Waals surface area contributed by atoms with Crippen LogP contribution in [0.15, 0.2) is 36.4 Å². The summed E-state index contributed by atoms with van der Waals surface area (Å²) < 4.78 is 5.31. The zero-order chi connectivity index (χ0) is 31.2. The molecule has 0 aliphatic heterocycles. The molecule has 0 bridgehead atoms. The lowest BCUT2D eigenvalue weighted by Crippen LogP contribution is -2.66. The minimum absolute atomic E-state index is 0.00826. The zero-order valence-corrected chi connectivity index (χ0v) is 28.6. The highest BCUT2D eigenvalue weighted by Gasteiger charge is 2.71. The lowest BCUT2D eigenvalue weighted by Gasteiger charge is -2.73. The smallest absolute Gasteiger partial charge is 0.338 e. The number of allylic oxidation sites excluding steroid dienone is 1. The standard InChI is InChI=1S/C40H60O3/c1-10-29(27-13-11-12-14-28(27)35(42)43-9)40-22-17-26(25(2)3)34(40)30-15-16-32-37(6)20-19-33(41)36(4,5)31(37)18-21-39(32,8)38(30,7)23-24-40/h11-14,26,29-34,41H,2,10,15-24H2,1,3-9H3/t26?,29?,30?,31?,32?,33?,34?,37?,38-,39?,40?/m1/s1. The van der Waals surface area contributed by atoms with E-state index in [0.717, 1.165) is 18.4 Å². The van der Waals surface area contributed by atoms with Crippen LogP contribution in [0.2, 0.25) is 0 Å². The first kappa shape index (κ1) is 31.4. The lowest BCUT2D eigenvalue weighted by molar-refractivity contribution is -0.249. The van der Waals surface area contributed by atoms with Gasteiger partial charge in [0.05, 0.1) is 18.8 Å². The summed E-state index contributed by atoms with van der Waals surface area (Å²) in [4.78, 5) is 13.0. The fraction of sp³-hybridized carbons (Fsp3) is 0.775. The number of rotatable bonds is 5. The number of aliphatic hydroxyl groups excluding tert-OH is 1. The highest BCUT2D eigenvalue weighted by molar-refractivity contribution is 5.91. The van der Waals surface area contributed by atoms with E-state index in [1.54, 1.807) is 0 Å². The number of benzene rings is 1. The Bertz CT molecular complexity index is 1260. The van der Waals surface area contributed by atoms with Crippen molar-refractivity contribution in [3.63, 3.8) is 0 Å². The Balaban J connectivity index is 1.43. The highest BCUT2D eigenvalue weighted by Crippen LogP contribution is 2.79. The molecule has 5 aliphatic carbocycles. The van der Waals surface area contributed by atoms with Gasteiger partial charge in [-0.2, -0.15) is 0 Å². The third kappa shape index (κ3) is 4.11. The van der Waals surface area contributed by atoms with Crippen LogP contribution in [0.25, 0.3) is 0 Å². The molecule has 10 unspecified atom stereocenters. The molecule has 0 spiro atoms. The maximum absolute atomic E-state index is 13.0. The molecule has 238 valence electrons. The van der Waals surface area contributed by atoms with Crippen molar-refractivity contribution < 1.29 is 14.6 Å². The maximum atomic E-state index is 13.0. The number of aliphatic hydroxyl groups is 1. The largest absolute Gasteiger partial charge is 0.465 e. The molecular formula is C40H60O3. The van der Waals surface area contributed by atoms with E-state index in [2.05, 4.69) is 67.2 Å². The summed E-state index contributed by atoms with van der Waals surface area (Å²) >= 11 is 0. The van der Waals surface area contributed by atoms with Crippen LogP contribution in [0.5, 0.6) is 0 Å². The Morgan fingerprint density at radius 1 is 0.930 bits per heavy atom. The molecule has 43 heavy (non-hydrogen) atoms. The minimum atomic E-state index is -0.198. The van der Waals surface area contributed by atoms with E-state index >= 15 is 0 Å². The van der Waals surface area contributed by atoms with Gasteiger partial charge in [-0.1, -0.05) is 71.9 Å². The van der Waals surface area contributed by atoms with Gasteiger partial charge >= 0.3 is 5.97 Å². The van der Waals surface area contributed by atoms with E-state index < -0.39 is 0 Å². The molecular weight excluding hydrogens is 528 g/mol. The van der Waals surface area contributed by atoms with Gasteiger partial charge in [0, 0.05) is 0 Å². The van der Waals surface area contributed by atoms with Crippen molar-refractivity contribution in [2.24, 2.45) is 56.7 Å². The topological polar surface area (TPSA) is 46.5 Å². The van der Waals surface area contributed by atoms with Gasteiger partial charge in [-0.25, -0.2) is 4.79 Å². The summed E-state index contributed by atoms with van der Waals surface area (Å²) in [5, 5.41) is 11.1. The van der Waals surface area contributed by atoms with E-state index in [-0.39, 0.29) is 28.3 Å². The average molecular weight is 589 g/mol. The molecule has 0 saturated heterocycles.